The zero-order valence-electron chi connectivity index (χ0n) is 15.3. The number of aromatic amines is 1. The van der Waals surface area contributed by atoms with Gasteiger partial charge in [0.25, 0.3) is 0 Å². The quantitative estimate of drug-likeness (QED) is 0.460. The highest BCUT2D eigenvalue weighted by molar-refractivity contribution is 9.11. The number of H-pyrrole nitrogens is 1. The zero-order chi connectivity index (χ0) is 19.7. The number of hydrogen-bond donors (Lipinski definition) is 2. The van der Waals surface area contributed by atoms with Crippen LogP contribution in [0.15, 0.2) is 33.2 Å². The molecule has 1 aromatic carbocycles. The smallest absolute Gasteiger partial charge is 0.205 e. The molecule has 0 bridgehead atoms. The molecule has 9 heteroatoms. The van der Waals surface area contributed by atoms with Crippen LogP contribution in [0.1, 0.15) is 18.4 Å². The van der Waals surface area contributed by atoms with E-state index in [0.29, 0.717) is 16.8 Å². The molecule has 1 fully saturated rings. The van der Waals surface area contributed by atoms with E-state index in [0.717, 1.165) is 64.2 Å². The molecule has 1 atom stereocenters. The molecule has 28 heavy (non-hydrogen) atoms. The van der Waals surface area contributed by atoms with Gasteiger partial charge in [0.05, 0.1) is 17.1 Å². The van der Waals surface area contributed by atoms with Crippen molar-refractivity contribution in [3.05, 3.63) is 43.9 Å². The van der Waals surface area contributed by atoms with Crippen LogP contribution in [0.5, 0.6) is 5.75 Å². The number of benzene rings is 1. The molecule has 0 saturated carbocycles. The third-order valence-electron chi connectivity index (χ3n) is 4.89. The van der Waals surface area contributed by atoms with Crippen LogP contribution in [-0.4, -0.2) is 41.2 Å². The highest BCUT2D eigenvalue weighted by Crippen LogP contribution is 2.33. The maximum absolute atomic E-state index is 5.98. The van der Waals surface area contributed by atoms with E-state index in [1.54, 1.807) is 13.2 Å². The lowest BCUT2D eigenvalue weighted by Crippen LogP contribution is -2.46. The summed E-state index contributed by atoms with van der Waals surface area (Å²) in [6.45, 7) is 2.58. The predicted octanol–water partition coefficient (Wildman–Crippen LogP) is 4.90. The van der Waals surface area contributed by atoms with Crippen molar-refractivity contribution in [2.45, 2.75) is 25.4 Å². The summed E-state index contributed by atoms with van der Waals surface area (Å²) >= 11 is 13.1. The lowest BCUT2D eigenvalue weighted by molar-refractivity contribution is 0.392. The molecule has 3 heterocycles. The van der Waals surface area contributed by atoms with Gasteiger partial charge in [0.2, 0.25) is 5.95 Å². The first-order chi connectivity index (χ1) is 13.5. The van der Waals surface area contributed by atoms with Gasteiger partial charge in [-0.15, -0.1) is 0 Å². The third kappa shape index (κ3) is 4.30. The van der Waals surface area contributed by atoms with Gasteiger partial charge in [0.15, 0.2) is 5.65 Å². The molecule has 0 radical (unpaired) electrons. The number of piperidine rings is 1. The summed E-state index contributed by atoms with van der Waals surface area (Å²) in [6, 6.07) is 8.13. The number of rotatable bonds is 5. The lowest BCUT2D eigenvalue weighted by Gasteiger charge is -2.33. The summed E-state index contributed by atoms with van der Waals surface area (Å²) in [5, 5.41) is 4.12. The van der Waals surface area contributed by atoms with Crippen LogP contribution >= 0.6 is 43.5 Å². The van der Waals surface area contributed by atoms with E-state index in [2.05, 4.69) is 63.1 Å². The van der Waals surface area contributed by atoms with Crippen molar-refractivity contribution in [3.63, 3.8) is 0 Å². The van der Waals surface area contributed by atoms with Gasteiger partial charge >= 0.3 is 0 Å². The Balaban J connectivity index is 1.45. The second-order valence-electron chi connectivity index (χ2n) is 6.81. The molecule has 0 aliphatic carbocycles. The fraction of sp³-hybridized carbons (Fsp3) is 0.368. The number of aromatic nitrogens is 3. The second kappa shape index (κ2) is 8.57. The summed E-state index contributed by atoms with van der Waals surface area (Å²) in [6.07, 6.45) is 2.22. The Morgan fingerprint density at radius 3 is 3.00 bits per heavy atom. The van der Waals surface area contributed by atoms with E-state index >= 15 is 0 Å². The maximum Gasteiger partial charge on any atom is 0.205 e. The monoisotopic (exact) mass is 527 g/mol. The van der Waals surface area contributed by atoms with Crippen molar-refractivity contribution in [2.75, 3.05) is 25.1 Å². The normalized spacial score (nSPS) is 17.3. The number of methoxy groups -OCH3 is 1. The predicted molar refractivity (Wildman–Crippen MR) is 119 cm³/mol. The molecular formula is C19H20Br2ClN5O. The van der Waals surface area contributed by atoms with Gasteiger partial charge in [0.1, 0.15) is 10.9 Å². The summed E-state index contributed by atoms with van der Waals surface area (Å²) in [5.41, 5.74) is 2.67. The second-order valence-corrected chi connectivity index (χ2v) is 8.97. The van der Waals surface area contributed by atoms with Gasteiger partial charge in [0, 0.05) is 35.7 Å². The molecule has 6 nitrogen and oxygen atoms in total. The minimum atomic E-state index is 0.362. The van der Waals surface area contributed by atoms with Crippen molar-refractivity contribution in [1.82, 2.24) is 20.3 Å². The van der Waals surface area contributed by atoms with Gasteiger partial charge in [-0.2, -0.15) is 4.98 Å². The molecule has 0 spiro atoms. The Labute approximate surface area is 185 Å². The molecule has 3 aromatic rings. The van der Waals surface area contributed by atoms with Crippen LogP contribution < -0.4 is 15.0 Å². The number of imidazole rings is 1. The molecule has 1 aliphatic rings. The van der Waals surface area contributed by atoms with E-state index in [-0.39, 0.29) is 0 Å². The van der Waals surface area contributed by atoms with Gasteiger partial charge in [-0.3, -0.25) is 0 Å². The van der Waals surface area contributed by atoms with Crippen LogP contribution in [0.3, 0.4) is 0 Å². The van der Waals surface area contributed by atoms with Crippen molar-refractivity contribution >= 4 is 60.6 Å². The van der Waals surface area contributed by atoms with Crippen molar-refractivity contribution < 1.29 is 4.74 Å². The van der Waals surface area contributed by atoms with Gasteiger partial charge in [-0.05, 0) is 53.0 Å². The summed E-state index contributed by atoms with van der Waals surface area (Å²) in [5.74, 6) is 1.71. The molecule has 2 N–H and O–H groups in total. The van der Waals surface area contributed by atoms with Gasteiger partial charge < -0.3 is 19.9 Å². The number of halogens is 3. The van der Waals surface area contributed by atoms with E-state index in [9.17, 15) is 0 Å². The molecule has 1 saturated heterocycles. The molecule has 0 amide bonds. The average molecular weight is 530 g/mol. The fourth-order valence-corrected chi connectivity index (χ4v) is 5.19. The number of nitrogens with zero attached hydrogens (tertiary/aromatic N) is 3. The van der Waals surface area contributed by atoms with Crippen LogP contribution in [-0.2, 0) is 6.54 Å². The third-order valence-corrected chi connectivity index (χ3v) is 6.15. The van der Waals surface area contributed by atoms with Crippen LogP contribution in [0, 0.1) is 0 Å². The van der Waals surface area contributed by atoms with Crippen molar-refractivity contribution in [2.24, 2.45) is 0 Å². The molecule has 1 aliphatic heterocycles. The first-order valence-corrected chi connectivity index (χ1v) is 11.0. The van der Waals surface area contributed by atoms with E-state index in [1.807, 2.05) is 12.1 Å². The van der Waals surface area contributed by atoms with Crippen molar-refractivity contribution in [3.8, 4) is 5.75 Å². The molecule has 4 rings (SSSR count). The zero-order valence-corrected chi connectivity index (χ0v) is 19.2. The summed E-state index contributed by atoms with van der Waals surface area (Å²) in [4.78, 5) is 14.5. The van der Waals surface area contributed by atoms with Crippen LogP contribution in [0.4, 0.5) is 5.95 Å². The fourth-order valence-electron chi connectivity index (χ4n) is 3.57. The van der Waals surface area contributed by atoms with Crippen LogP contribution in [0.25, 0.3) is 11.2 Å². The Morgan fingerprint density at radius 2 is 2.18 bits per heavy atom. The first-order valence-electron chi connectivity index (χ1n) is 9.06. The largest absolute Gasteiger partial charge is 0.495 e. The first kappa shape index (κ1) is 19.9. The SMILES string of the molecule is COc1c(Br)cc(Br)cc1CNC1CCCN(c2nc3nc(Cl)ccc3[nH]2)C1. The average Bonchev–Trinajstić information content (AvgIpc) is 3.09. The molecule has 2 aromatic heterocycles. The number of pyridine rings is 1. The highest BCUT2D eigenvalue weighted by Gasteiger charge is 2.23. The summed E-state index contributed by atoms with van der Waals surface area (Å²) < 4.78 is 7.52. The topological polar surface area (TPSA) is 66.1 Å². The molecule has 148 valence electrons. The number of anilines is 1. The van der Waals surface area contributed by atoms with Crippen molar-refractivity contribution in [1.29, 1.82) is 0 Å². The Hall–Kier alpha value is -1.35. The molecular weight excluding hydrogens is 510 g/mol. The van der Waals surface area contributed by atoms with E-state index in [4.69, 9.17) is 16.3 Å². The van der Waals surface area contributed by atoms with E-state index < -0.39 is 0 Å². The number of fused-ring (bicyclic) bond motifs is 1. The lowest BCUT2D eigenvalue weighted by atomic mass is 10.1. The van der Waals surface area contributed by atoms with Gasteiger partial charge in [-0.25, -0.2) is 4.98 Å². The highest BCUT2D eigenvalue weighted by atomic mass is 79.9. The van der Waals surface area contributed by atoms with Gasteiger partial charge in [-0.1, -0.05) is 27.5 Å². The summed E-state index contributed by atoms with van der Waals surface area (Å²) in [7, 11) is 1.70. The Bertz CT molecular complexity index is 996. The standard InChI is InChI=1S/C19H20Br2ClN5O/c1-28-17-11(7-12(20)8-14(17)21)9-23-13-3-2-6-27(10-13)19-24-15-4-5-16(22)25-18(15)26-19/h4-5,7-8,13,23H,2-3,6,9-10H2,1H3,(H,24,25,26). The Morgan fingerprint density at radius 1 is 1.32 bits per heavy atom. The van der Waals surface area contributed by atoms with E-state index in [1.165, 1.54) is 0 Å². The number of ether oxygens (including phenoxy) is 1. The minimum Gasteiger partial charge on any atom is -0.495 e. The number of nitrogens with one attached hydrogen (secondary N) is 2. The number of hydrogen-bond acceptors (Lipinski definition) is 5. The maximum atomic E-state index is 5.98. The van der Waals surface area contributed by atoms with Crippen LogP contribution in [0.2, 0.25) is 5.15 Å². The minimum absolute atomic E-state index is 0.362. The Kier molecular flexibility index (Phi) is 6.10. The molecule has 1 unspecified atom stereocenters.